The molecule has 7 aromatic rings. The maximum Gasteiger partial charge on any atom is 0.162 e. The summed E-state index contributed by atoms with van der Waals surface area (Å²) in [5.74, 6) is 1.64. The van der Waals surface area contributed by atoms with Crippen LogP contribution >= 0.6 is 0 Å². The Balaban J connectivity index is 0.000000492. The zero-order valence-electron chi connectivity index (χ0n) is 32.8. The van der Waals surface area contributed by atoms with E-state index in [1.807, 2.05) is 56.3 Å². The van der Waals surface area contributed by atoms with Gasteiger partial charge in [-0.25, -0.2) is 9.97 Å². The van der Waals surface area contributed by atoms with Crippen molar-refractivity contribution in [3.63, 3.8) is 0 Å². The highest BCUT2D eigenvalue weighted by molar-refractivity contribution is 5.91. The van der Waals surface area contributed by atoms with Gasteiger partial charge in [0.15, 0.2) is 5.82 Å². The number of fused-ring (bicyclic) bond motifs is 1. The zero-order valence-corrected chi connectivity index (χ0v) is 32.8. The molecule has 2 heterocycles. The summed E-state index contributed by atoms with van der Waals surface area (Å²) in [7, 11) is 0. The molecule has 0 amide bonds. The van der Waals surface area contributed by atoms with Gasteiger partial charge < -0.3 is 4.57 Å². The SMILES string of the molecule is C/C=C\c1c2c(n(-c3cc(-c4ccccc4)nc(-c4ccccc4)n3)c1C)CCC(c1cccc(-c3ccccc3C)c1C)=C2.CC.Cc1ccccc1. The molecule has 3 nitrogen and oxygen atoms in total. The molecule has 270 valence electrons. The Bertz CT molecular complexity index is 2320. The maximum absolute atomic E-state index is 5.19. The number of aromatic nitrogens is 3. The molecule has 0 radical (unpaired) electrons. The lowest BCUT2D eigenvalue weighted by molar-refractivity contribution is 0.840. The number of hydrogen-bond acceptors (Lipinski definition) is 2. The van der Waals surface area contributed by atoms with Crippen molar-refractivity contribution in [2.45, 2.75) is 61.3 Å². The Morgan fingerprint density at radius 2 is 1.19 bits per heavy atom. The summed E-state index contributed by atoms with van der Waals surface area (Å²) >= 11 is 0. The molecule has 0 bridgehead atoms. The van der Waals surface area contributed by atoms with Crippen LogP contribution in [0.3, 0.4) is 0 Å². The van der Waals surface area contributed by atoms with Gasteiger partial charge in [0.2, 0.25) is 0 Å². The van der Waals surface area contributed by atoms with Gasteiger partial charge >= 0.3 is 0 Å². The molecule has 0 aliphatic heterocycles. The van der Waals surface area contributed by atoms with E-state index in [1.54, 1.807) is 0 Å². The van der Waals surface area contributed by atoms with Crippen LogP contribution < -0.4 is 0 Å². The normalized spacial score (nSPS) is 11.9. The lowest BCUT2D eigenvalue weighted by atomic mass is 9.85. The first kappa shape index (κ1) is 37.7. The Hall–Kier alpha value is -6.06. The van der Waals surface area contributed by atoms with Crippen LogP contribution in [0.25, 0.3) is 57.3 Å². The van der Waals surface area contributed by atoms with Crippen LogP contribution in [0.1, 0.15) is 72.0 Å². The lowest BCUT2D eigenvalue weighted by Crippen LogP contribution is -2.09. The number of benzene rings is 5. The fraction of sp³-hybridized carbons (Fsp3) is 0.176. The van der Waals surface area contributed by atoms with E-state index in [9.17, 15) is 0 Å². The van der Waals surface area contributed by atoms with Crippen molar-refractivity contribution in [2.24, 2.45) is 0 Å². The smallest absolute Gasteiger partial charge is 0.162 e. The molecule has 0 spiro atoms. The molecule has 0 unspecified atom stereocenters. The van der Waals surface area contributed by atoms with E-state index < -0.39 is 0 Å². The largest absolute Gasteiger partial charge is 0.302 e. The number of rotatable bonds is 6. The monoisotopic (exact) mass is 705 g/mol. The van der Waals surface area contributed by atoms with Gasteiger partial charge in [0.1, 0.15) is 5.82 Å². The molecule has 0 atom stereocenters. The molecule has 8 rings (SSSR count). The minimum Gasteiger partial charge on any atom is -0.302 e. The summed E-state index contributed by atoms with van der Waals surface area (Å²) in [4.78, 5) is 10.2. The van der Waals surface area contributed by atoms with E-state index >= 15 is 0 Å². The molecule has 0 fully saturated rings. The summed E-state index contributed by atoms with van der Waals surface area (Å²) in [6.07, 6.45) is 8.71. The fourth-order valence-electron chi connectivity index (χ4n) is 7.31. The highest BCUT2D eigenvalue weighted by Crippen LogP contribution is 2.40. The Labute approximate surface area is 322 Å². The Morgan fingerprint density at radius 1 is 0.593 bits per heavy atom. The first-order chi connectivity index (χ1) is 26.4. The summed E-state index contributed by atoms with van der Waals surface area (Å²) in [6.45, 7) is 14.9. The van der Waals surface area contributed by atoms with Crippen molar-refractivity contribution >= 4 is 17.7 Å². The highest BCUT2D eigenvalue weighted by atomic mass is 15.1. The van der Waals surface area contributed by atoms with Gasteiger partial charge in [-0.15, -0.1) is 0 Å². The molecule has 54 heavy (non-hydrogen) atoms. The average Bonchev–Trinajstić information content (AvgIpc) is 3.50. The zero-order chi connectivity index (χ0) is 38.0. The van der Waals surface area contributed by atoms with Crippen LogP contribution in [-0.4, -0.2) is 14.5 Å². The van der Waals surface area contributed by atoms with Crippen molar-refractivity contribution in [3.05, 3.63) is 190 Å². The quantitative estimate of drug-likeness (QED) is 0.172. The minimum absolute atomic E-state index is 0.733. The first-order valence-electron chi connectivity index (χ1n) is 19.2. The van der Waals surface area contributed by atoms with Crippen molar-refractivity contribution in [3.8, 4) is 39.6 Å². The molecule has 2 aromatic heterocycles. The van der Waals surface area contributed by atoms with E-state index in [0.29, 0.717) is 0 Å². The first-order valence-corrected chi connectivity index (χ1v) is 19.2. The fourth-order valence-corrected chi connectivity index (χ4v) is 7.31. The van der Waals surface area contributed by atoms with Gasteiger partial charge in [-0.3, -0.25) is 0 Å². The molecular formula is C51H51N3. The molecule has 0 N–H and O–H groups in total. The van der Waals surface area contributed by atoms with Crippen molar-refractivity contribution in [2.75, 3.05) is 0 Å². The standard InChI is InChI=1S/C42H37N3.C7H8.C2H6/c1-5-15-37-30(4)45(41-27-39(31-17-8-6-9-18-31)43-42(44-41)32-19-10-7-11-20-32)40-25-24-33(26-38(37)40)35-22-14-23-36(29(35)3)34-21-13-12-16-28(34)2;1-7-5-3-2-4-6-7;1-2/h5-23,26-27H,24-25H2,1-4H3;2-6H,1H3;1-2H3/b15-5-;;. The molecule has 3 heteroatoms. The van der Waals surface area contributed by atoms with E-state index in [2.05, 4.69) is 154 Å². The Morgan fingerprint density at radius 3 is 1.81 bits per heavy atom. The number of allylic oxidation sites excluding steroid dienone is 2. The summed E-state index contributed by atoms with van der Waals surface area (Å²) < 4.78 is 2.37. The number of hydrogen-bond donors (Lipinski definition) is 0. The van der Waals surface area contributed by atoms with E-state index in [-0.39, 0.29) is 0 Å². The second-order valence-corrected chi connectivity index (χ2v) is 13.5. The summed E-state index contributed by atoms with van der Waals surface area (Å²) in [5.41, 5.74) is 17.3. The third-order valence-electron chi connectivity index (χ3n) is 9.98. The summed E-state index contributed by atoms with van der Waals surface area (Å²) in [5, 5.41) is 0. The highest BCUT2D eigenvalue weighted by Gasteiger charge is 2.25. The van der Waals surface area contributed by atoms with Gasteiger partial charge in [-0.2, -0.15) is 0 Å². The van der Waals surface area contributed by atoms with E-state index in [0.717, 1.165) is 41.3 Å². The van der Waals surface area contributed by atoms with Gasteiger partial charge in [0.05, 0.1) is 5.69 Å². The van der Waals surface area contributed by atoms with Crippen LogP contribution in [0.15, 0.2) is 146 Å². The molecule has 0 saturated heterocycles. The maximum atomic E-state index is 5.19. The third kappa shape index (κ3) is 8.11. The molecule has 5 aromatic carbocycles. The summed E-state index contributed by atoms with van der Waals surface area (Å²) in [6, 6.07) is 48.5. The molecule has 0 saturated carbocycles. The number of aryl methyl sites for hydroxylation is 2. The number of nitrogens with zero attached hydrogens (tertiary/aromatic N) is 3. The van der Waals surface area contributed by atoms with Crippen LogP contribution in [0.5, 0.6) is 0 Å². The second kappa shape index (κ2) is 17.6. The average molecular weight is 706 g/mol. The minimum atomic E-state index is 0.733. The lowest BCUT2D eigenvalue weighted by Gasteiger charge is -2.21. The van der Waals surface area contributed by atoms with Gasteiger partial charge in [-0.05, 0) is 86.9 Å². The van der Waals surface area contributed by atoms with Crippen LogP contribution in [0.2, 0.25) is 0 Å². The van der Waals surface area contributed by atoms with E-state index in [4.69, 9.17) is 9.97 Å². The topological polar surface area (TPSA) is 30.7 Å². The van der Waals surface area contributed by atoms with E-state index in [1.165, 1.54) is 61.5 Å². The second-order valence-electron chi connectivity index (χ2n) is 13.5. The van der Waals surface area contributed by atoms with Crippen molar-refractivity contribution in [1.82, 2.24) is 14.5 Å². The molecule has 1 aliphatic rings. The predicted octanol–water partition coefficient (Wildman–Crippen LogP) is 13.7. The van der Waals surface area contributed by atoms with Gasteiger partial charge in [0, 0.05) is 39.7 Å². The van der Waals surface area contributed by atoms with Crippen LogP contribution in [0.4, 0.5) is 0 Å². The third-order valence-corrected chi connectivity index (χ3v) is 9.98. The van der Waals surface area contributed by atoms with Gasteiger partial charge in [-0.1, -0.05) is 165 Å². The molecular weight excluding hydrogens is 655 g/mol. The van der Waals surface area contributed by atoms with Crippen LogP contribution in [0, 0.1) is 27.7 Å². The van der Waals surface area contributed by atoms with Gasteiger partial charge in [0.25, 0.3) is 0 Å². The van der Waals surface area contributed by atoms with Crippen molar-refractivity contribution < 1.29 is 0 Å². The molecule has 1 aliphatic carbocycles. The predicted molar refractivity (Wildman–Crippen MR) is 232 cm³/mol. The van der Waals surface area contributed by atoms with Crippen LogP contribution in [-0.2, 0) is 6.42 Å². The Kier molecular flexibility index (Phi) is 12.3. The van der Waals surface area contributed by atoms with Crippen molar-refractivity contribution in [1.29, 1.82) is 0 Å².